The molecule has 0 bridgehead atoms. The van der Waals surface area contributed by atoms with Gasteiger partial charge in [0.05, 0.1) is 0 Å². The molecule has 0 saturated heterocycles. The summed E-state index contributed by atoms with van der Waals surface area (Å²) in [6.45, 7) is 14.8. The Morgan fingerprint density at radius 2 is 1.00 bits per heavy atom. The molecule has 0 aliphatic heterocycles. The number of hydrogen-bond acceptors (Lipinski definition) is 0. The van der Waals surface area contributed by atoms with E-state index in [0.717, 1.165) is 0 Å². The van der Waals surface area contributed by atoms with Crippen LogP contribution in [0.5, 0.6) is 0 Å². The molecule has 0 aromatic rings. The number of rotatable bonds is 2. The van der Waals surface area contributed by atoms with Crippen LogP contribution < -0.4 is 0 Å². The molecule has 0 fully saturated rings. The fourth-order valence-electron chi connectivity index (χ4n) is 1.12. The fourth-order valence-corrected chi connectivity index (χ4v) is 10.1. The summed E-state index contributed by atoms with van der Waals surface area (Å²) >= 11 is 1.71. The van der Waals surface area contributed by atoms with Gasteiger partial charge in [-0.15, -0.1) is 0 Å². The third-order valence-electron chi connectivity index (χ3n) is 1.50. The summed E-state index contributed by atoms with van der Waals surface area (Å²) < 4.78 is 1.94. The van der Waals surface area contributed by atoms with Crippen LogP contribution in [0, 0.1) is 0 Å². The van der Waals surface area contributed by atoms with Gasteiger partial charge in [0.2, 0.25) is 0 Å². The molecule has 0 aliphatic rings. The van der Waals surface area contributed by atoms with Gasteiger partial charge in [-0.2, -0.15) is 0 Å². The minimum atomic E-state index is -0.878. The van der Waals surface area contributed by atoms with Crippen molar-refractivity contribution in [3.8, 4) is 0 Å². The van der Waals surface area contributed by atoms with Crippen LogP contribution in [0.2, 0.25) is 39.3 Å². The molecule has 0 aliphatic carbocycles. The van der Waals surface area contributed by atoms with E-state index < -0.39 is 16.1 Å². The molecule has 10 heavy (non-hydrogen) atoms. The van der Waals surface area contributed by atoms with Gasteiger partial charge in [0.25, 0.3) is 0 Å². The Balaban J connectivity index is 4.40. The van der Waals surface area contributed by atoms with E-state index in [-0.39, 0.29) is 0 Å². The van der Waals surface area contributed by atoms with Gasteiger partial charge in [-0.25, -0.2) is 0 Å². The van der Waals surface area contributed by atoms with Gasteiger partial charge in [0.1, 0.15) is 0 Å². The first-order valence-electron chi connectivity index (χ1n) is 3.75. The second kappa shape index (κ2) is 3.23. The van der Waals surface area contributed by atoms with E-state index in [1.807, 2.05) is 2.76 Å². The van der Waals surface area contributed by atoms with Crippen LogP contribution in [0.25, 0.3) is 0 Å². The quantitative estimate of drug-likeness (QED) is 0.678. The zero-order valence-corrected chi connectivity index (χ0v) is 12.9. The zero-order chi connectivity index (χ0) is 8.58. The Bertz CT molecular complexity index is 123. The molecule has 0 aromatic heterocycles. The van der Waals surface area contributed by atoms with E-state index in [1.54, 1.807) is 22.1 Å². The van der Waals surface area contributed by atoms with Crippen LogP contribution >= 0.6 is 0 Å². The Labute approximate surface area is 80.0 Å². The average molecular weight is 277 g/mol. The fraction of sp³-hybridized carbons (Fsp3) is 0.857. The molecule has 0 unspecified atom stereocenters. The predicted molar refractivity (Wildman–Crippen MR) is 57.5 cm³/mol. The second-order valence-corrected chi connectivity index (χ2v) is 19.7. The summed E-state index contributed by atoms with van der Waals surface area (Å²) in [6.07, 6.45) is 0. The van der Waals surface area contributed by atoms with E-state index in [0.29, 0.717) is 0 Å². The molecular weight excluding hydrogens is 259 g/mol. The monoisotopic (exact) mass is 278 g/mol. The van der Waals surface area contributed by atoms with E-state index in [1.165, 1.54) is 0 Å². The summed E-state index contributed by atoms with van der Waals surface area (Å²) in [5.74, 6) is 0. The maximum absolute atomic E-state index is 2.47. The summed E-state index contributed by atoms with van der Waals surface area (Å²) in [7, 11) is -1.76. The van der Waals surface area contributed by atoms with Crippen molar-refractivity contribution in [2.45, 2.75) is 39.3 Å². The summed E-state index contributed by atoms with van der Waals surface area (Å²) in [4.78, 5) is 0. The van der Waals surface area contributed by atoms with Crippen LogP contribution in [0.1, 0.15) is 0 Å². The molecule has 0 aromatic carbocycles. The van der Waals surface area contributed by atoms with Crippen LogP contribution in [0.4, 0.5) is 0 Å². The van der Waals surface area contributed by atoms with Crippen molar-refractivity contribution in [3.63, 3.8) is 0 Å². The van der Waals surface area contributed by atoms with Gasteiger partial charge in [0.15, 0.2) is 0 Å². The van der Waals surface area contributed by atoms with E-state index in [2.05, 4.69) is 39.3 Å². The molecule has 0 heterocycles. The Morgan fingerprint density at radius 3 is 1.00 bits per heavy atom. The average Bonchev–Trinajstić information content (AvgIpc) is 1.59. The number of hydrogen-bond donors (Lipinski definition) is 0. The molecule has 0 spiro atoms. The van der Waals surface area contributed by atoms with Gasteiger partial charge in [-0.3, -0.25) is 0 Å². The van der Waals surface area contributed by atoms with Crippen molar-refractivity contribution in [1.82, 2.24) is 0 Å². The van der Waals surface area contributed by atoms with Gasteiger partial charge >= 0.3 is 80.2 Å². The van der Waals surface area contributed by atoms with Gasteiger partial charge in [0, 0.05) is 0 Å². The van der Waals surface area contributed by atoms with Crippen molar-refractivity contribution in [3.05, 3.63) is 0 Å². The predicted octanol–water partition coefficient (Wildman–Crippen LogP) is 2.08. The Kier molecular flexibility index (Phi) is 3.58. The first kappa shape index (κ1) is 11.1. The molecule has 58 valence electrons. The molecule has 0 amide bonds. The molecule has 3 heteroatoms. The molecule has 0 atom stereocenters. The molecule has 2 radical (unpaired) electrons. The van der Waals surface area contributed by atoms with Crippen LogP contribution in [0.3, 0.4) is 0 Å². The SMILES string of the molecule is C[Si](C)(C)[C](=[Sn])[Si](C)(C)C. The van der Waals surface area contributed by atoms with Gasteiger partial charge in [-0.05, 0) is 0 Å². The normalized spacial score (nSPS) is 13.4. The summed E-state index contributed by atoms with van der Waals surface area (Å²) in [6, 6.07) is 0. The maximum atomic E-state index is 2.47. The molecular formula is C7H18Si2Sn. The van der Waals surface area contributed by atoms with E-state index >= 15 is 0 Å². The molecule has 0 saturated carbocycles. The van der Waals surface area contributed by atoms with Gasteiger partial charge in [-0.1, -0.05) is 0 Å². The standard InChI is InChI=1S/C7H18Si2.Sn/c1-8(2,3)7-9(4,5)6;/h1-6H3;. The van der Waals surface area contributed by atoms with Crippen molar-refractivity contribution >= 4 is 41.0 Å². The van der Waals surface area contributed by atoms with Crippen LogP contribution in [0.15, 0.2) is 0 Å². The topological polar surface area (TPSA) is 0 Å². The Morgan fingerprint density at radius 1 is 0.800 bits per heavy atom. The molecule has 0 N–H and O–H groups in total. The molecule has 0 rings (SSSR count). The van der Waals surface area contributed by atoms with Crippen LogP contribution in [-0.2, 0) is 0 Å². The van der Waals surface area contributed by atoms with Crippen molar-refractivity contribution in [2.75, 3.05) is 0 Å². The zero-order valence-electron chi connectivity index (χ0n) is 8.00. The van der Waals surface area contributed by atoms with Crippen molar-refractivity contribution in [2.24, 2.45) is 0 Å². The van der Waals surface area contributed by atoms with Crippen molar-refractivity contribution in [1.29, 1.82) is 0 Å². The first-order valence-corrected chi connectivity index (χ1v) is 12.2. The molecule has 0 nitrogen and oxygen atoms in total. The second-order valence-electron chi connectivity index (χ2n) is 4.88. The van der Waals surface area contributed by atoms with E-state index in [4.69, 9.17) is 0 Å². The summed E-state index contributed by atoms with van der Waals surface area (Å²) in [5, 5.41) is 0. The van der Waals surface area contributed by atoms with E-state index in [9.17, 15) is 0 Å². The van der Waals surface area contributed by atoms with Crippen molar-refractivity contribution < 1.29 is 0 Å². The van der Waals surface area contributed by atoms with Crippen LogP contribution in [-0.4, -0.2) is 41.0 Å². The minimum absolute atomic E-state index is 0.878. The third kappa shape index (κ3) is 3.48. The third-order valence-corrected chi connectivity index (χ3v) is 21.8. The first-order chi connectivity index (χ1) is 4.15. The Hall–Kier alpha value is 1.10. The summed E-state index contributed by atoms with van der Waals surface area (Å²) in [5.41, 5.74) is 0. The van der Waals surface area contributed by atoms with Gasteiger partial charge < -0.3 is 0 Å².